The van der Waals surface area contributed by atoms with Crippen molar-refractivity contribution in [3.63, 3.8) is 0 Å². The first-order valence-electron chi connectivity index (χ1n) is 32.4. The molecule has 1 saturated heterocycles. The number of benzene rings is 2. The first kappa shape index (κ1) is 84.4. The highest BCUT2D eigenvalue weighted by Gasteiger charge is 2.33. The molecule has 2 aromatic rings. The SMILES string of the molecule is N[C@@H](CCCCCC(=O)NCCCC[C@H](NC(=O)N[C@@H](CCC(=O)O)C(=O)O)C(=O)O)C(=O)NCCCC[C@@H](NC(=O)C(Cc1ccccc1)NC(=O)[C@@H](Cc1ccc(O)c(I)c1)NC(=O)CCC(C(=O)O)N1CCN(CC(=O)O)CCN(CC(=O)O)CCN(CC(=O)O)CC1)C(=O)O. The summed E-state index contributed by atoms with van der Waals surface area (Å²) in [6, 6.07) is 2.18. The highest BCUT2D eigenvalue weighted by atomic mass is 127. The Hall–Kier alpha value is -8.85. The molecule has 18 N–H and O–H groups in total. The number of urea groups is 1. The second kappa shape index (κ2) is 45.7. The van der Waals surface area contributed by atoms with Crippen LogP contribution in [0.15, 0.2) is 48.5 Å². The molecule has 0 radical (unpaired) electrons. The molecule has 3 rings (SSSR count). The van der Waals surface area contributed by atoms with Gasteiger partial charge < -0.3 is 88.9 Å². The number of carbonyl (C=O) groups excluding carboxylic acids is 6. The van der Waals surface area contributed by atoms with E-state index in [2.05, 4.69) is 31.9 Å². The molecule has 1 heterocycles. The van der Waals surface area contributed by atoms with Crippen LogP contribution in [0.3, 0.4) is 0 Å². The molecule has 0 spiro atoms. The molecule has 2 unspecified atom stereocenters. The Balaban J connectivity index is 1.59. The second-order valence-corrected chi connectivity index (χ2v) is 25.0. The van der Waals surface area contributed by atoms with Crippen molar-refractivity contribution in [3.05, 3.63) is 63.2 Å². The number of nitrogens with zero attached hydrogens (tertiary/aromatic N) is 4. The first-order valence-corrected chi connectivity index (χ1v) is 33.5. The molecule has 0 bridgehead atoms. The predicted molar refractivity (Wildman–Crippen MR) is 359 cm³/mol. The average Bonchev–Trinajstić information content (AvgIpc) is 0.862. The number of aromatic hydroxyl groups is 1. The minimum Gasteiger partial charge on any atom is -0.507 e. The number of phenols is 1. The van der Waals surface area contributed by atoms with E-state index in [1.807, 2.05) is 27.9 Å². The molecular formula is C63H93IN12O23. The number of phenolic OH excluding ortho intramolecular Hbond substituents is 1. The number of hydrogen-bond acceptors (Lipinski definition) is 20. The maximum atomic E-state index is 14.5. The van der Waals surface area contributed by atoms with Gasteiger partial charge in [0.05, 0.1) is 29.2 Å². The van der Waals surface area contributed by atoms with Crippen molar-refractivity contribution in [2.24, 2.45) is 5.73 Å². The molecular weight excluding hydrogens is 1420 g/mol. The van der Waals surface area contributed by atoms with Gasteiger partial charge in [0.2, 0.25) is 29.5 Å². The van der Waals surface area contributed by atoms with E-state index in [1.165, 1.54) is 26.8 Å². The summed E-state index contributed by atoms with van der Waals surface area (Å²) in [6.45, 7) is -0.832. The predicted octanol–water partition coefficient (Wildman–Crippen LogP) is -1.05. The van der Waals surface area contributed by atoms with Crippen LogP contribution < -0.4 is 43.0 Å². The van der Waals surface area contributed by atoms with Gasteiger partial charge in [-0.25, -0.2) is 19.2 Å². The molecule has 99 heavy (non-hydrogen) atoms. The molecule has 1 aliphatic heterocycles. The van der Waals surface area contributed by atoms with E-state index in [9.17, 15) is 108 Å². The number of hydrogen-bond donors (Lipinski definition) is 17. The first-order chi connectivity index (χ1) is 46.9. The lowest BCUT2D eigenvalue weighted by Gasteiger charge is -2.35. The number of unbranched alkanes of at least 4 members (excludes halogenated alkanes) is 4. The Morgan fingerprint density at radius 1 is 0.424 bits per heavy atom. The summed E-state index contributed by atoms with van der Waals surface area (Å²) >= 11 is 1.87. The third-order valence-electron chi connectivity index (χ3n) is 16.0. The monoisotopic (exact) mass is 1510 g/mol. The van der Waals surface area contributed by atoms with Crippen LogP contribution in [0.1, 0.15) is 107 Å². The van der Waals surface area contributed by atoms with E-state index >= 15 is 0 Å². The van der Waals surface area contributed by atoms with E-state index in [1.54, 1.807) is 41.3 Å². The molecule has 1 aliphatic rings. The molecule has 7 atom stereocenters. The van der Waals surface area contributed by atoms with Crippen LogP contribution in [0, 0.1) is 3.57 Å². The Labute approximate surface area is 584 Å². The summed E-state index contributed by atoms with van der Waals surface area (Å²) in [5.41, 5.74) is 7.13. The van der Waals surface area contributed by atoms with Crippen LogP contribution in [0.4, 0.5) is 4.79 Å². The van der Waals surface area contributed by atoms with Gasteiger partial charge in [0.1, 0.15) is 42.0 Å². The zero-order chi connectivity index (χ0) is 73.6. The number of nitrogens with one attached hydrogen (secondary N) is 7. The van der Waals surface area contributed by atoms with Gasteiger partial charge in [-0.2, -0.15) is 0 Å². The number of carbonyl (C=O) groups is 14. The van der Waals surface area contributed by atoms with Gasteiger partial charge in [-0.15, -0.1) is 0 Å². The van der Waals surface area contributed by atoms with Crippen molar-refractivity contribution in [1.82, 2.24) is 56.8 Å². The summed E-state index contributed by atoms with van der Waals surface area (Å²) < 4.78 is 0.395. The Bertz CT molecular complexity index is 3010. The van der Waals surface area contributed by atoms with E-state index in [4.69, 9.17) is 10.8 Å². The third-order valence-corrected chi connectivity index (χ3v) is 16.9. The number of aliphatic carboxylic acids is 8. The summed E-state index contributed by atoms with van der Waals surface area (Å²) in [5.74, 6) is -13.8. The molecule has 550 valence electrons. The lowest BCUT2D eigenvalue weighted by Crippen LogP contribution is -2.57. The lowest BCUT2D eigenvalue weighted by atomic mass is 10.0. The number of carboxylic acids is 8. The number of rotatable bonds is 45. The number of halogens is 1. The Kier molecular flexibility index (Phi) is 38.9. The zero-order valence-corrected chi connectivity index (χ0v) is 57.0. The molecule has 35 nitrogen and oxygen atoms in total. The molecule has 7 amide bonds. The number of carboxylic acid groups (broad SMARTS) is 8. The quantitative estimate of drug-likeness (QED) is 0.0278. The largest absolute Gasteiger partial charge is 0.507 e. The van der Waals surface area contributed by atoms with Gasteiger partial charge in [-0.3, -0.25) is 67.5 Å². The molecule has 2 aromatic carbocycles. The zero-order valence-electron chi connectivity index (χ0n) is 54.9. The van der Waals surface area contributed by atoms with Crippen molar-refractivity contribution < 1.29 is 113 Å². The standard InChI is InChI=1S/C63H93IN12O23/c64-41-33-40(17-20-49(41)77)35-46(68-51(79)21-19-48(62(97)98)76-31-29-74(37-54(84)85)27-25-73(36-53(82)83)26-28-75(30-32-76)38-55(86)87)57(89)70-47(34-39-11-3-1-4-12-39)58(90)69-43(59(91)92)14-8-10-24-67-56(88)42(65)13-5-2-6-16-50(78)66-23-9-7-15-44(60(93)94)71-63(99)72-45(61(95)96)18-22-52(80)81/h1,3-4,11-12,17,20,33,42-48,77H,2,5-10,13-16,18-19,21-32,34-38,65H2,(H,66,78)(H,67,88)(H,68,79)(H,69,90)(H,70,89)(H,80,81)(H,82,83)(H,84,85)(H,86,87)(H,91,92)(H,93,94)(H,95,96)(H,97,98)(H2,71,72,99)/t42-,43+,44-,45-,46+,47?,48?/m0/s1. The fourth-order valence-electron chi connectivity index (χ4n) is 10.6. The van der Waals surface area contributed by atoms with Gasteiger partial charge in [-0.05, 0) is 110 Å². The van der Waals surface area contributed by atoms with E-state index in [0.29, 0.717) is 40.4 Å². The van der Waals surface area contributed by atoms with Gasteiger partial charge in [-0.1, -0.05) is 49.2 Å². The molecule has 36 heteroatoms. The normalized spacial score (nSPS) is 15.6. The molecule has 0 aliphatic carbocycles. The van der Waals surface area contributed by atoms with Gasteiger partial charge in [0.15, 0.2) is 0 Å². The summed E-state index contributed by atoms with van der Waals surface area (Å²) in [4.78, 5) is 181. The summed E-state index contributed by atoms with van der Waals surface area (Å²) in [6.07, 6.45) is 0.732. The molecule has 0 aromatic heterocycles. The topological polar surface area (TPSA) is 544 Å². The van der Waals surface area contributed by atoms with E-state index < -0.39 is 159 Å². The van der Waals surface area contributed by atoms with Crippen molar-refractivity contribution >= 4 is 106 Å². The average molecular weight is 1510 g/mol. The van der Waals surface area contributed by atoms with Crippen LogP contribution in [0.2, 0.25) is 0 Å². The second-order valence-electron chi connectivity index (χ2n) is 23.9. The Morgan fingerprint density at radius 2 is 0.889 bits per heavy atom. The maximum Gasteiger partial charge on any atom is 0.326 e. The van der Waals surface area contributed by atoms with Crippen LogP contribution in [0.25, 0.3) is 0 Å². The minimum atomic E-state index is -1.55. The third kappa shape index (κ3) is 35.5. The van der Waals surface area contributed by atoms with Crippen LogP contribution in [-0.2, 0) is 75.2 Å². The fraction of sp³-hybridized carbons (Fsp3) is 0.587. The highest BCUT2D eigenvalue weighted by Crippen LogP contribution is 2.22. The van der Waals surface area contributed by atoms with Crippen molar-refractivity contribution in [3.8, 4) is 5.75 Å². The van der Waals surface area contributed by atoms with E-state index in [-0.39, 0.29) is 141 Å². The van der Waals surface area contributed by atoms with Crippen molar-refractivity contribution in [2.45, 2.75) is 151 Å². The van der Waals surface area contributed by atoms with Crippen LogP contribution >= 0.6 is 22.6 Å². The number of amides is 7. The number of nitrogens with two attached hydrogens (primary N) is 1. The summed E-state index contributed by atoms with van der Waals surface area (Å²) in [5, 5.41) is 105. The smallest absolute Gasteiger partial charge is 0.326 e. The molecule has 1 fully saturated rings. The fourth-order valence-corrected chi connectivity index (χ4v) is 11.2. The van der Waals surface area contributed by atoms with Gasteiger partial charge in [0.25, 0.3) is 0 Å². The lowest BCUT2D eigenvalue weighted by molar-refractivity contribution is -0.145. The maximum absolute atomic E-state index is 14.5. The van der Waals surface area contributed by atoms with Crippen LogP contribution in [-0.4, -0.2) is 276 Å². The van der Waals surface area contributed by atoms with Crippen molar-refractivity contribution in [1.29, 1.82) is 0 Å². The molecule has 0 saturated carbocycles. The van der Waals surface area contributed by atoms with Crippen molar-refractivity contribution in [2.75, 3.05) is 85.1 Å². The minimum absolute atomic E-state index is 0.00959. The van der Waals surface area contributed by atoms with Gasteiger partial charge >= 0.3 is 53.8 Å². The summed E-state index contributed by atoms with van der Waals surface area (Å²) in [7, 11) is 0. The van der Waals surface area contributed by atoms with Crippen LogP contribution in [0.5, 0.6) is 5.75 Å². The van der Waals surface area contributed by atoms with E-state index in [0.717, 1.165) is 0 Å². The Morgan fingerprint density at radius 3 is 1.38 bits per heavy atom. The van der Waals surface area contributed by atoms with Gasteiger partial charge in [0, 0.05) is 97.6 Å². The highest BCUT2D eigenvalue weighted by molar-refractivity contribution is 14.1.